The van der Waals surface area contributed by atoms with E-state index in [2.05, 4.69) is 15.9 Å². The van der Waals surface area contributed by atoms with Crippen LogP contribution in [-0.2, 0) is 7.05 Å². The van der Waals surface area contributed by atoms with Crippen molar-refractivity contribution >= 4 is 50.2 Å². The summed E-state index contributed by atoms with van der Waals surface area (Å²) < 4.78 is 2.76. The summed E-state index contributed by atoms with van der Waals surface area (Å²) in [5, 5.41) is 1.31. The van der Waals surface area contributed by atoms with Gasteiger partial charge in [0.15, 0.2) is 0 Å². The van der Waals surface area contributed by atoms with E-state index in [1.54, 1.807) is 9.80 Å². The topological polar surface area (TPSA) is 45.6 Å². The van der Waals surface area contributed by atoms with Crippen LogP contribution in [0.25, 0.3) is 10.9 Å². The summed E-state index contributed by atoms with van der Waals surface area (Å²) in [6.45, 7) is 1.98. The molecule has 144 valence electrons. The third kappa shape index (κ3) is 3.31. The number of nitrogens with zero attached hydrogens (tertiary/aromatic N) is 3. The summed E-state index contributed by atoms with van der Waals surface area (Å²) in [7, 11) is 1.85. The second-order valence-electron chi connectivity index (χ2n) is 6.83. The second kappa shape index (κ2) is 7.60. The first kappa shape index (κ1) is 19.0. The molecule has 2 heterocycles. The summed E-state index contributed by atoms with van der Waals surface area (Å²) in [4.78, 5) is 29.3. The normalized spacial score (nSPS) is 14.5. The molecule has 3 aromatic rings. The van der Waals surface area contributed by atoms with Crippen molar-refractivity contribution in [3.63, 3.8) is 0 Å². The molecule has 0 N–H and O–H groups in total. The number of benzene rings is 2. The van der Waals surface area contributed by atoms with Gasteiger partial charge in [-0.3, -0.25) is 9.59 Å². The summed E-state index contributed by atoms with van der Waals surface area (Å²) in [6.07, 6.45) is 0. The fraction of sp³-hybridized carbons (Fsp3) is 0.238. The maximum Gasteiger partial charge on any atom is 0.272 e. The van der Waals surface area contributed by atoms with Gasteiger partial charge >= 0.3 is 0 Å². The molecule has 5 nitrogen and oxygen atoms in total. The maximum absolute atomic E-state index is 13.1. The molecule has 1 aromatic heterocycles. The van der Waals surface area contributed by atoms with Crippen LogP contribution in [0.2, 0.25) is 5.02 Å². The SMILES string of the molecule is Cn1c(C(=O)N2CCN(C(=O)c3ccccc3)CC2)c(Cl)c2cc(Br)ccc21. The molecule has 1 fully saturated rings. The van der Waals surface area contributed by atoms with E-state index in [0.717, 1.165) is 15.4 Å². The minimum Gasteiger partial charge on any atom is -0.338 e. The standard InChI is InChI=1S/C21H19BrClN3O2/c1-24-17-8-7-15(22)13-16(17)18(23)19(24)21(28)26-11-9-25(10-12-26)20(27)14-5-3-2-4-6-14/h2-8,13H,9-12H2,1H3. The lowest BCUT2D eigenvalue weighted by Crippen LogP contribution is -2.50. The lowest BCUT2D eigenvalue weighted by Gasteiger charge is -2.35. The van der Waals surface area contributed by atoms with E-state index in [-0.39, 0.29) is 11.8 Å². The zero-order valence-corrected chi connectivity index (χ0v) is 17.7. The van der Waals surface area contributed by atoms with Crippen LogP contribution in [0.3, 0.4) is 0 Å². The van der Waals surface area contributed by atoms with Gasteiger partial charge in [-0.05, 0) is 30.3 Å². The molecular formula is C21H19BrClN3O2. The second-order valence-corrected chi connectivity index (χ2v) is 8.13. The molecule has 0 bridgehead atoms. The zero-order chi connectivity index (χ0) is 19.8. The van der Waals surface area contributed by atoms with Crippen LogP contribution in [-0.4, -0.2) is 52.4 Å². The molecule has 1 aliphatic heterocycles. The highest BCUT2D eigenvalue weighted by Gasteiger charge is 2.29. The Morgan fingerprint density at radius 1 is 0.929 bits per heavy atom. The first-order chi connectivity index (χ1) is 13.5. The summed E-state index contributed by atoms with van der Waals surface area (Å²) >= 11 is 10.0. The van der Waals surface area contributed by atoms with E-state index in [0.29, 0.717) is 42.5 Å². The summed E-state index contributed by atoms with van der Waals surface area (Å²) in [5.41, 5.74) is 2.07. The Kier molecular flexibility index (Phi) is 5.17. The highest BCUT2D eigenvalue weighted by Crippen LogP contribution is 2.33. The van der Waals surface area contributed by atoms with E-state index in [4.69, 9.17) is 11.6 Å². The number of piperazine rings is 1. The van der Waals surface area contributed by atoms with Crippen LogP contribution < -0.4 is 0 Å². The van der Waals surface area contributed by atoms with Crippen molar-refractivity contribution in [2.45, 2.75) is 0 Å². The minimum atomic E-state index is -0.105. The Morgan fingerprint density at radius 3 is 2.18 bits per heavy atom. The van der Waals surface area contributed by atoms with E-state index in [1.165, 1.54) is 0 Å². The molecule has 0 aliphatic carbocycles. The monoisotopic (exact) mass is 459 g/mol. The van der Waals surface area contributed by atoms with Gasteiger partial charge in [0.25, 0.3) is 11.8 Å². The first-order valence-electron chi connectivity index (χ1n) is 9.04. The average molecular weight is 461 g/mol. The van der Waals surface area contributed by atoms with E-state index >= 15 is 0 Å². The molecule has 4 rings (SSSR count). The number of carbonyl (C=O) groups is 2. The molecule has 2 aromatic carbocycles. The third-order valence-electron chi connectivity index (χ3n) is 5.18. The number of rotatable bonds is 2. The van der Waals surface area contributed by atoms with Crippen molar-refractivity contribution < 1.29 is 9.59 Å². The fourth-order valence-corrected chi connectivity index (χ4v) is 4.35. The van der Waals surface area contributed by atoms with Gasteiger partial charge in [-0.2, -0.15) is 0 Å². The highest BCUT2D eigenvalue weighted by atomic mass is 79.9. The molecule has 0 unspecified atom stereocenters. The van der Waals surface area contributed by atoms with Gasteiger partial charge in [0.05, 0.1) is 5.02 Å². The quantitative estimate of drug-likeness (QED) is 0.575. The lowest BCUT2D eigenvalue weighted by molar-refractivity contribution is 0.0530. The van der Waals surface area contributed by atoms with Crippen LogP contribution in [0.1, 0.15) is 20.8 Å². The molecule has 0 saturated carbocycles. The Hall–Kier alpha value is -2.31. The molecule has 0 atom stereocenters. The van der Waals surface area contributed by atoms with Crippen molar-refractivity contribution in [3.05, 3.63) is 69.3 Å². The third-order valence-corrected chi connectivity index (χ3v) is 6.05. The van der Waals surface area contributed by atoms with Crippen LogP contribution in [0, 0.1) is 0 Å². The van der Waals surface area contributed by atoms with Crippen molar-refractivity contribution in [3.8, 4) is 0 Å². The van der Waals surface area contributed by atoms with Gasteiger partial charge in [-0.15, -0.1) is 0 Å². The fourth-order valence-electron chi connectivity index (χ4n) is 3.63. The molecule has 1 saturated heterocycles. The molecular weight excluding hydrogens is 442 g/mol. The van der Waals surface area contributed by atoms with Gasteiger partial charge in [0.1, 0.15) is 5.69 Å². The molecule has 0 spiro atoms. The minimum absolute atomic E-state index is 0.000173. The Morgan fingerprint density at radius 2 is 1.54 bits per heavy atom. The Balaban J connectivity index is 1.52. The van der Waals surface area contributed by atoms with E-state index in [9.17, 15) is 9.59 Å². The number of fused-ring (bicyclic) bond motifs is 1. The van der Waals surface area contributed by atoms with Crippen LogP contribution in [0.5, 0.6) is 0 Å². The molecule has 1 aliphatic rings. The number of aromatic nitrogens is 1. The average Bonchev–Trinajstić information content (AvgIpc) is 2.97. The number of amides is 2. The number of carbonyl (C=O) groups excluding carboxylic acids is 2. The van der Waals surface area contributed by atoms with Gasteiger partial charge in [0, 0.05) is 54.2 Å². The lowest BCUT2D eigenvalue weighted by atomic mass is 10.2. The van der Waals surface area contributed by atoms with Crippen molar-refractivity contribution in [1.29, 1.82) is 0 Å². The molecule has 2 amide bonds. The van der Waals surface area contributed by atoms with Gasteiger partial charge in [-0.1, -0.05) is 45.7 Å². The Labute approximate surface area is 176 Å². The molecule has 0 radical (unpaired) electrons. The smallest absolute Gasteiger partial charge is 0.272 e. The predicted molar refractivity (Wildman–Crippen MR) is 114 cm³/mol. The van der Waals surface area contributed by atoms with Gasteiger partial charge < -0.3 is 14.4 Å². The number of hydrogen-bond donors (Lipinski definition) is 0. The molecule has 7 heteroatoms. The van der Waals surface area contributed by atoms with E-state index in [1.807, 2.05) is 60.1 Å². The number of hydrogen-bond acceptors (Lipinski definition) is 2. The predicted octanol–water partition coefficient (Wildman–Crippen LogP) is 4.19. The summed E-state index contributed by atoms with van der Waals surface area (Å²) in [5.74, 6) is -0.105. The summed E-state index contributed by atoms with van der Waals surface area (Å²) in [6, 6.07) is 15.0. The van der Waals surface area contributed by atoms with Crippen molar-refractivity contribution in [1.82, 2.24) is 14.4 Å². The van der Waals surface area contributed by atoms with Crippen molar-refractivity contribution in [2.24, 2.45) is 7.05 Å². The number of aryl methyl sites for hydroxylation is 1. The first-order valence-corrected chi connectivity index (χ1v) is 10.2. The highest BCUT2D eigenvalue weighted by molar-refractivity contribution is 9.10. The van der Waals surface area contributed by atoms with Crippen LogP contribution in [0.4, 0.5) is 0 Å². The maximum atomic E-state index is 13.1. The van der Waals surface area contributed by atoms with Crippen molar-refractivity contribution in [2.75, 3.05) is 26.2 Å². The molecule has 28 heavy (non-hydrogen) atoms. The van der Waals surface area contributed by atoms with Gasteiger partial charge in [-0.25, -0.2) is 0 Å². The number of halogens is 2. The Bertz CT molecular complexity index is 1060. The van der Waals surface area contributed by atoms with Gasteiger partial charge in [0.2, 0.25) is 0 Å². The van der Waals surface area contributed by atoms with Crippen LogP contribution in [0.15, 0.2) is 53.0 Å². The largest absolute Gasteiger partial charge is 0.338 e. The zero-order valence-electron chi connectivity index (χ0n) is 15.4. The van der Waals surface area contributed by atoms with E-state index < -0.39 is 0 Å². The van der Waals surface area contributed by atoms with Crippen LogP contribution >= 0.6 is 27.5 Å².